The summed E-state index contributed by atoms with van der Waals surface area (Å²) in [5, 5.41) is 3.11. The third kappa shape index (κ3) is 8.75. The van der Waals surface area contributed by atoms with Gasteiger partial charge in [0.25, 0.3) is 0 Å². The molecule has 0 heterocycles. The Hall–Kier alpha value is -1.35. The molecule has 1 N–H and O–H groups in total. The van der Waals surface area contributed by atoms with Crippen LogP contribution < -0.4 is 5.32 Å². The van der Waals surface area contributed by atoms with Gasteiger partial charge in [-0.15, -0.1) is 0 Å². The zero-order valence-corrected chi connectivity index (χ0v) is 14.7. The Morgan fingerprint density at radius 2 is 1.78 bits per heavy atom. The lowest BCUT2D eigenvalue weighted by atomic mass is 10.1. The predicted octanol–water partition coefficient (Wildman–Crippen LogP) is 5.75. The van der Waals surface area contributed by atoms with Crippen molar-refractivity contribution in [2.75, 3.05) is 6.54 Å². The fourth-order valence-corrected chi connectivity index (χ4v) is 2.58. The number of rotatable bonds is 11. The minimum Gasteiger partial charge on any atom is -0.353 e. The first kappa shape index (κ1) is 19.7. The second-order valence-electron chi connectivity index (χ2n) is 5.73. The molecule has 1 amide bonds. The van der Waals surface area contributed by atoms with Gasteiger partial charge in [0.1, 0.15) is 5.82 Å². The van der Waals surface area contributed by atoms with Gasteiger partial charge in [-0.2, -0.15) is 0 Å². The Labute approximate surface area is 144 Å². The highest BCUT2D eigenvalue weighted by molar-refractivity contribution is 6.32. The average molecular weight is 340 g/mol. The second-order valence-corrected chi connectivity index (χ2v) is 6.14. The monoisotopic (exact) mass is 339 g/mol. The van der Waals surface area contributed by atoms with E-state index in [9.17, 15) is 9.18 Å². The van der Waals surface area contributed by atoms with E-state index < -0.39 is 5.82 Å². The number of carbonyl (C=O) groups excluding carboxylic acids is 1. The number of hydrogen-bond donors (Lipinski definition) is 1. The molecule has 0 spiro atoms. The molecule has 0 aliphatic rings. The molecule has 1 aromatic rings. The molecule has 0 aromatic heterocycles. The van der Waals surface area contributed by atoms with Gasteiger partial charge in [0.05, 0.1) is 5.02 Å². The van der Waals surface area contributed by atoms with Crippen LogP contribution in [0.4, 0.5) is 4.39 Å². The van der Waals surface area contributed by atoms with Crippen LogP contribution in [0.1, 0.15) is 63.9 Å². The van der Waals surface area contributed by atoms with Gasteiger partial charge in [-0.3, -0.25) is 4.79 Å². The first-order chi connectivity index (χ1) is 11.1. The van der Waals surface area contributed by atoms with Gasteiger partial charge in [0.2, 0.25) is 5.91 Å². The SMILES string of the molecule is CCCCCCCCCCNC(=O)C=Cc1c(F)cccc1Cl. The minimum atomic E-state index is -0.426. The van der Waals surface area contributed by atoms with Crippen molar-refractivity contribution < 1.29 is 9.18 Å². The Kier molecular flexibility index (Phi) is 10.4. The average Bonchev–Trinajstić information content (AvgIpc) is 2.53. The van der Waals surface area contributed by atoms with Gasteiger partial charge in [0, 0.05) is 18.2 Å². The Morgan fingerprint density at radius 1 is 1.13 bits per heavy atom. The third-order valence-corrected chi connectivity index (χ3v) is 4.06. The molecule has 23 heavy (non-hydrogen) atoms. The zero-order chi connectivity index (χ0) is 16.9. The van der Waals surface area contributed by atoms with Crippen molar-refractivity contribution in [1.29, 1.82) is 0 Å². The minimum absolute atomic E-state index is 0.215. The number of benzene rings is 1. The van der Waals surface area contributed by atoms with E-state index in [0.717, 1.165) is 12.8 Å². The summed E-state index contributed by atoms with van der Waals surface area (Å²) in [5.41, 5.74) is 0.247. The normalized spacial score (nSPS) is 11.1. The Balaban J connectivity index is 2.14. The fourth-order valence-electron chi connectivity index (χ4n) is 2.36. The van der Waals surface area contributed by atoms with Crippen molar-refractivity contribution in [2.45, 2.75) is 58.3 Å². The Morgan fingerprint density at radius 3 is 2.43 bits per heavy atom. The van der Waals surface area contributed by atoms with E-state index in [1.807, 2.05) is 0 Å². The van der Waals surface area contributed by atoms with Gasteiger partial charge in [0.15, 0.2) is 0 Å². The quantitative estimate of drug-likeness (QED) is 0.403. The molecular formula is C19H27ClFNO. The van der Waals surface area contributed by atoms with Gasteiger partial charge < -0.3 is 5.32 Å². The summed E-state index contributed by atoms with van der Waals surface area (Å²) in [7, 11) is 0. The largest absolute Gasteiger partial charge is 0.353 e. The Bertz CT molecular complexity index is 482. The van der Waals surface area contributed by atoms with Crippen molar-refractivity contribution >= 4 is 23.6 Å². The smallest absolute Gasteiger partial charge is 0.244 e. The lowest BCUT2D eigenvalue weighted by Crippen LogP contribution is -2.21. The van der Waals surface area contributed by atoms with Crippen LogP contribution in [0.5, 0.6) is 0 Å². The van der Waals surface area contributed by atoms with Crippen molar-refractivity contribution in [1.82, 2.24) is 5.32 Å². The van der Waals surface area contributed by atoms with Crippen LogP contribution in [0.2, 0.25) is 5.02 Å². The number of carbonyl (C=O) groups is 1. The molecule has 0 bridgehead atoms. The van der Waals surface area contributed by atoms with Gasteiger partial charge in [-0.05, 0) is 24.6 Å². The lowest BCUT2D eigenvalue weighted by molar-refractivity contribution is -0.116. The highest BCUT2D eigenvalue weighted by atomic mass is 35.5. The molecule has 0 unspecified atom stereocenters. The number of nitrogens with one attached hydrogen (secondary N) is 1. The molecule has 0 saturated heterocycles. The van der Waals surface area contributed by atoms with Crippen molar-refractivity contribution in [2.24, 2.45) is 0 Å². The summed E-state index contributed by atoms with van der Waals surface area (Å²) in [6, 6.07) is 4.46. The number of amides is 1. The molecule has 2 nitrogen and oxygen atoms in total. The molecule has 1 rings (SSSR count). The van der Waals surface area contributed by atoms with E-state index in [1.54, 1.807) is 6.07 Å². The molecule has 128 valence electrons. The van der Waals surface area contributed by atoms with Crippen molar-refractivity contribution in [3.8, 4) is 0 Å². The number of unbranched alkanes of at least 4 members (excludes halogenated alkanes) is 7. The van der Waals surface area contributed by atoms with Gasteiger partial charge >= 0.3 is 0 Å². The predicted molar refractivity (Wildman–Crippen MR) is 96.1 cm³/mol. The van der Waals surface area contributed by atoms with Crippen LogP contribution in [0.25, 0.3) is 6.08 Å². The van der Waals surface area contributed by atoms with E-state index in [1.165, 1.54) is 62.8 Å². The maximum absolute atomic E-state index is 13.5. The molecule has 0 aliphatic carbocycles. The summed E-state index contributed by atoms with van der Waals surface area (Å²) in [5.74, 6) is -0.642. The topological polar surface area (TPSA) is 29.1 Å². The first-order valence-electron chi connectivity index (χ1n) is 8.55. The summed E-state index contributed by atoms with van der Waals surface area (Å²) in [6.07, 6.45) is 12.6. The van der Waals surface area contributed by atoms with E-state index in [-0.39, 0.29) is 11.5 Å². The molecule has 1 aromatic carbocycles. The maximum atomic E-state index is 13.5. The molecule has 0 radical (unpaired) electrons. The zero-order valence-electron chi connectivity index (χ0n) is 13.9. The first-order valence-corrected chi connectivity index (χ1v) is 8.93. The number of halogens is 2. The lowest BCUT2D eigenvalue weighted by Gasteiger charge is -2.03. The summed E-state index contributed by atoms with van der Waals surface area (Å²) in [4.78, 5) is 11.7. The van der Waals surface area contributed by atoms with Crippen LogP contribution in [0.15, 0.2) is 24.3 Å². The summed E-state index contributed by atoms with van der Waals surface area (Å²) in [6.45, 7) is 2.88. The second kappa shape index (κ2) is 12.1. The molecular weight excluding hydrogens is 313 g/mol. The van der Waals surface area contributed by atoms with Gasteiger partial charge in [-0.25, -0.2) is 4.39 Å². The van der Waals surface area contributed by atoms with Crippen LogP contribution in [-0.4, -0.2) is 12.5 Å². The molecule has 0 saturated carbocycles. The molecule has 0 atom stereocenters. The molecule has 4 heteroatoms. The van der Waals surface area contributed by atoms with Crippen molar-refractivity contribution in [3.05, 3.63) is 40.7 Å². The van der Waals surface area contributed by atoms with E-state index >= 15 is 0 Å². The van der Waals surface area contributed by atoms with E-state index in [4.69, 9.17) is 11.6 Å². The third-order valence-electron chi connectivity index (χ3n) is 3.73. The van der Waals surface area contributed by atoms with Crippen LogP contribution >= 0.6 is 11.6 Å². The highest BCUT2D eigenvalue weighted by Crippen LogP contribution is 2.20. The van der Waals surface area contributed by atoms with Gasteiger partial charge in [-0.1, -0.05) is 69.5 Å². The van der Waals surface area contributed by atoms with E-state index in [0.29, 0.717) is 11.6 Å². The summed E-state index contributed by atoms with van der Waals surface area (Å²) >= 11 is 5.90. The maximum Gasteiger partial charge on any atom is 0.244 e. The van der Waals surface area contributed by atoms with Crippen LogP contribution in [0, 0.1) is 5.82 Å². The van der Waals surface area contributed by atoms with Crippen LogP contribution in [-0.2, 0) is 4.79 Å². The van der Waals surface area contributed by atoms with Crippen molar-refractivity contribution in [3.63, 3.8) is 0 Å². The molecule has 0 fully saturated rings. The van der Waals surface area contributed by atoms with E-state index in [2.05, 4.69) is 12.2 Å². The standard InChI is InChI=1S/C19H27ClFNO/c1-2-3-4-5-6-7-8-9-15-22-19(23)14-13-16-17(20)11-10-12-18(16)21/h10-14H,2-9,15H2,1H3,(H,22,23). The summed E-state index contributed by atoms with van der Waals surface area (Å²) < 4.78 is 13.5. The highest BCUT2D eigenvalue weighted by Gasteiger charge is 2.03. The molecule has 0 aliphatic heterocycles. The number of hydrogen-bond acceptors (Lipinski definition) is 1. The fraction of sp³-hybridized carbons (Fsp3) is 0.526. The van der Waals surface area contributed by atoms with Crippen LogP contribution in [0.3, 0.4) is 0 Å².